The number of nitrogens with zero attached hydrogens (tertiary/aromatic N) is 4. The Morgan fingerprint density at radius 1 is 1.41 bits per heavy atom. The van der Waals surface area contributed by atoms with E-state index in [2.05, 4.69) is 20.5 Å². The molecule has 2 N–H and O–H groups in total. The fourth-order valence-electron chi connectivity index (χ4n) is 2.87. The second-order valence-electron chi connectivity index (χ2n) is 6.47. The first-order valence-corrected chi connectivity index (χ1v) is 8.43. The molecule has 0 saturated carbocycles. The van der Waals surface area contributed by atoms with Gasteiger partial charge in [0, 0.05) is 49.2 Å². The first kappa shape index (κ1) is 18.3. The Bertz CT molecular complexity index is 991. The van der Waals surface area contributed by atoms with Gasteiger partial charge in [-0.3, -0.25) is 20.0 Å². The van der Waals surface area contributed by atoms with Gasteiger partial charge in [0.2, 0.25) is 5.78 Å². The molecule has 0 bridgehead atoms. The highest BCUT2D eigenvalue weighted by Crippen LogP contribution is 2.27. The molecule has 1 aromatic carbocycles. The number of aromatic amines is 1. The number of carbonyl (C=O) groups is 1. The fourth-order valence-corrected chi connectivity index (χ4v) is 2.87. The standard InChI is InChI=1S/C18H20N6O3/c1-11(8-14-9-12(2)21-22-14)20-15-5-4-13(10-16(15)24(26)27)17(25)18-19-6-7-23(18)3/h4-7,9-11,20H,8H2,1-3H3,(H,21,22). The average Bonchev–Trinajstić information content (AvgIpc) is 3.22. The topological polar surface area (TPSA) is 119 Å². The van der Waals surface area contributed by atoms with Crippen LogP contribution in [0.2, 0.25) is 0 Å². The first-order valence-electron chi connectivity index (χ1n) is 8.43. The van der Waals surface area contributed by atoms with Crippen molar-refractivity contribution in [2.45, 2.75) is 26.3 Å². The molecule has 2 heterocycles. The summed E-state index contributed by atoms with van der Waals surface area (Å²) in [7, 11) is 1.70. The molecule has 1 unspecified atom stereocenters. The SMILES string of the molecule is Cc1cc(CC(C)Nc2ccc(C(=O)c3nccn3C)cc2[N+](=O)[O-])n[nH]1. The quantitative estimate of drug-likeness (QED) is 0.376. The summed E-state index contributed by atoms with van der Waals surface area (Å²) in [5, 5.41) is 21.7. The van der Waals surface area contributed by atoms with Crippen LogP contribution in [0.5, 0.6) is 0 Å². The third-order valence-electron chi connectivity index (χ3n) is 4.16. The Morgan fingerprint density at radius 3 is 2.78 bits per heavy atom. The zero-order valence-electron chi connectivity index (χ0n) is 15.3. The molecule has 0 aliphatic rings. The Morgan fingerprint density at radius 2 is 2.19 bits per heavy atom. The van der Waals surface area contributed by atoms with Crippen molar-refractivity contribution in [1.29, 1.82) is 0 Å². The lowest BCUT2D eigenvalue weighted by molar-refractivity contribution is -0.384. The van der Waals surface area contributed by atoms with E-state index in [1.807, 2.05) is 19.9 Å². The number of carbonyl (C=O) groups excluding carboxylic acids is 1. The molecular formula is C18H20N6O3. The van der Waals surface area contributed by atoms with Crippen molar-refractivity contribution in [2.24, 2.45) is 7.05 Å². The van der Waals surface area contributed by atoms with Crippen LogP contribution in [0.15, 0.2) is 36.7 Å². The number of aryl methyl sites for hydroxylation is 2. The average molecular weight is 368 g/mol. The van der Waals surface area contributed by atoms with Gasteiger partial charge in [-0.15, -0.1) is 0 Å². The van der Waals surface area contributed by atoms with Crippen molar-refractivity contribution in [2.75, 3.05) is 5.32 Å². The minimum Gasteiger partial charge on any atom is -0.377 e. The number of anilines is 1. The molecule has 2 aromatic heterocycles. The third-order valence-corrected chi connectivity index (χ3v) is 4.16. The zero-order chi connectivity index (χ0) is 19.6. The van der Waals surface area contributed by atoms with Crippen molar-refractivity contribution in [3.05, 3.63) is 69.5 Å². The first-order chi connectivity index (χ1) is 12.8. The summed E-state index contributed by atoms with van der Waals surface area (Å²) >= 11 is 0. The van der Waals surface area contributed by atoms with Gasteiger partial charge < -0.3 is 9.88 Å². The largest absolute Gasteiger partial charge is 0.377 e. The molecule has 3 aromatic rings. The molecule has 9 heteroatoms. The number of benzene rings is 1. The number of hydrogen-bond donors (Lipinski definition) is 2. The second-order valence-corrected chi connectivity index (χ2v) is 6.47. The van der Waals surface area contributed by atoms with E-state index in [1.165, 1.54) is 12.3 Å². The van der Waals surface area contributed by atoms with Gasteiger partial charge in [0.15, 0.2) is 5.82 Å². The maximum absolute atomic E-state index is 12.5. The molecule has 0 aliphatic carbocycles. The molecule has 0 aliphatic heterocycles. The zero-order valence-corrected chi connectivity index (χ0v) is 15.3. The summed E-state index contributed by atoms with van der Waals surface area (Å²) in [6, 6.07) is 6.26. The number of nitro benzene ring substituents is 1. The van der Waals surface area contributed by atoms with Crippen molar-refractivity contribution < 1.29 is 9.72 Å². The number of aromatic nitrogens is 4. The van der Waals surface area contributed by atoms with Crippen LogP contribution in [0.3, 0.4) is 0 Å². The van der Waals surface area contributed by atoms with Crippen LogP contribution in [0.1, 0.15) is 34.5 Å². The van der Waals surface area contributed by atoms with Crippen LogP contribution in [-0.2, 0) is 13.5 Å². The van der Waals surface area contributed by atoms with E-state index >= 15 is 0 Å². The van der Waals surface area contributed by atoms with Crippen LogP contribution in [0, 0.1) is 17.0 Å². The van der Waals surface area contributed by atoms with Gasteiger partial charge in [0.25, 0.3) is 5.69 Å². The number of rotatable bonds is 7. The fraction of sp³-hybridized carbons (Fsp3) is 0.278. The Labute approximate surface area is 155 Å². The lowest BCUT2D eigenvalue weighted by atomic mass is 10.1. The van der Waals surface area contributed by atoms with Crippen molar-refractivity contribution in [3.63, 3.8) is 0 Å². The molecular weight excluding hydrogens is 348 g/mol. The molecule has 0 spiro atoms. The van der Waals surface area contributed by atoms with E-state index in [-0.39, 0.29) is 28.9 Å². The van der Waals surface area contributed by atoms with Gasteiger partial charge >= 0.3 is 0 Å². The molecule has 0 saturated heterocycles. The van der Waals surface area contributed by atoms with Gasteiger partial charge in [0.1, 0.15) is 5.69 Å². The number of hydrogen-bond acceptors (Lipinski definition) is 6. The van der Waals surface area contributed by atoms with E-state index in [9.17, 15) is 14.9 Å². The highest BCUT2D eigenvalue weighted by molar-refractivity contribution is 6.07. The minimum atomic E-state index is -0.497. The predicted molar refractivity (Wildman–Crippen MR) is 99.9 cm³/mol. The molecule has 0 fully saturated rings. The maximum Gasteiger partial charge on any atom is 0.293 e. The van der Waals surface area contributed by atoms with Crippen LogP contribution in [-0.4, -0.2) is 36.5 Å². The molecule has 3 rings (SSSR count). The summed E-state index contributed by atoms with van der Waals surface area (Å²) in [6.07, 6.45) is 3.77. The van der Waals surface area contributed by atoms with E-state index in [0.717, 1.165) is 11.4 Å². The summed E-state index contributed by atoms with van der Waals surface area (Å²) < 4.78 is 1.58. The number of H-pyrrole nitrogens is 1. The number of imidazole rings is 1. The Balaban J connectivity index is 1.82. The lowest BCUT2D eigenvalue weighted by Crippen LogP contribution is -2.19. The number of nitrogens with one attached hydrogen (secondary N) is 2. The van der Waals surface area contributed by atoms with Crippen molar-refractivity contribution in [1.82, 2.24) is 19.7 Å². The molecule has 9 nitrogen and oxygen atoms in total. The smallest absolute Gasteiger partial charge is 0.293 e. The lowest BCUT2D eigenvalue weighted by Gasteiger charge is -2.14. The normalized spacial score (nSPS) is 12.0. The monoisotopic (exact) mass is 368 g/mol. The van der Waals surface area contributed by atoms with Crippen molar-refractivity contribution >= 4 is 17.2 Å². The highest BCUT2D eigenvalue weighted by Gasteiger charge is 2.21. The summed E-state index contributed by atoms with van der Waals surface area (Å²) in [6.45, 7) is 3.83. The number of ketones is 1. The van der Waals surface area contributed by atoms with Crippen LogP contribution < -0.4 is 5.32 Å². The predicted octanol–water partition coefficient (Wildman–Crippen LogP) is 2.63. The van der Waals surface area contributed by atoms with Gasteiger partial charge in [0.05, 0.1) is 10.6 Å². The molecule has 0 amide bonds. The van der Waals surface area contributed by atoms with Crippen LogP contribution in [0.25, 0.3) is 0 Å². The van der Waals surface area contributed by atoms with E-state index in [1.54, 1.807) is 29.9 Å². The summed E-state index contributed by atoms with van der Waals surface area (Å²) in [5.41, 5.74) is 2.26. The molecule has 0 radical (unpaired) electrons. The summed E-state index contributed by atoms with van der Waals surface area (Å²) in [5.74, 6) is -0.135. The Hall–Kier alpha value is -3.49. The molecule has 27 heavy (non-hydrogen) atoms. The van der Waals surface area contributed by atoms with Crippen molar-refractivity contribution in [3.8, 4) is 0 Å². The van der Waals surface area contributed by atoms with E-state index in [0.29, 0.717) is 12.1 Å². The molecule has 140 valence electrons. The summed E-state index contributed by atoms with van der Waals surface area (Å²) in [4.78, 5) is 27.6. The van der Waals surface area contributed by atoms with Crippen LogP contribution in [0.4, 0.5) is 11.4 Å². The van der Waals surface area contributed by atoms with Crippen LogP contribution >= 0.6 is 0 Å². The van der Waals surface area contributed by atoms with E-state index in [4.69, 9.17) is 0 Å². The minimum absolute atomic E-state index is 0.0810. The maximum atomic E-state index is 12.5. The van der Waals surface area contributed by atoms with Gasteiger partial charge in [-0.2, -0.15) is 5.10 Å². The highest BCUT2D eigenvalue weighted by atomic mass is 16.6. The van der Waals surface area contributed by atoms with Gasteiger partial charge in [-0.05, 0) is 32.0 Å². The second kappa shape index (κ2) is 7.40. The van der Waals surface area contributed by atoms with Gasteiger partial charge in [-0.1, -0.05) is 0 Å². The molecule has 1 atom stereocenters. The number of nitro groups is 1. The van der Waals surface area contributed by atoms with E-state index < -0.39 is 4.92 Å². The Kier molecular flexibility index (Phi) is 5.02. The van der Waals surface area contributed by atoms with Gasteiger partial charge in [-0.25, -0.2) is 4.98 Å². The third kappa shape index (κ3) is 4.02.